The van der Waals surface area contributed by atoms with E-state index in [4.69, 9.17) is 9.26 Å². The zero-order valence-corrected chi connectivity index (χ0v) is 10.2. The molecule has 2 rings (SSSR count). The quantitative estimate of drug-likeness (QED) is 0.657. The van der Waals surface area contributed by atoms with Crippen LogP contribution in [0.5, 0.6) is 5.75 Å². The Morgan fingerprint density at radius 3 is 3.00 bits per heavy atom. The molecule has 0 fully saturated rings. The zero-order chi connectivity index (χ0) is 13.7. The number of rotatable bonds is 2. The molecule has 1 aromatic carbocycles. The van der Waals surface area contributed by atoms with E-state index in [2.05, 4.69) is 17.0 Å². The van der Waals surface area contributed by atoms with Crippen molar-refractivity contribution in [3.05, 3.63) is 36.0 Å². The maximum atomic E-state index is 11.1. The Morgan fingerprint density at radius 1 is 1.47 bits per heavy atom. The molecule has 0 bridgehead atoms. The summed E-state index contributed by atoms with van der Waals surface area (Å²) >= 11 is 0. The summed E-state index contributed by atoms with van der Waals surface area (Å²) in [5.41, 5.74) is 1.03. The van der Waals surface area contributed by atoms with Gasteiger partial charge in [0.05, 0.1) is 18.4 Å². The Kier molecular flexibility index (Phi) is 3.84. The van der Waals surface area contributed by atoms with Crippen molar-refractivity contribution < 1.29 is 19.2 Å². The molecular formula is C14H11NO4. The van der Waals surface area contributed by atoms with Gasteiger partial charge in [-0.2, -0.15) is 0 Å². The third-order valence-corrected chi connectivity index (χ3v) is 2.28. The minimum atomic E-state index is -0.586. The van der Waals surface area contributed by atoms with Gasteiger partial charge in [-0.25, -0.2) is 4.79 Å². The van der Waals surface area contributed by atoms with E-state index in [9.17, 15) is 9.90 Å². The van der Waals surface area contributed by atoms with E-state index in [0.29, 0.717) is 16.9 Å². The molecule has 0 atom stereocenters. The number of hydrogen-bond donors (Lipinski definition) is 1. The summed E-state index contributed by atoms with van der Waals surface area (Å²) in [7, 11) is 0. The van der Waals surface area contributed by atoms with Crippen LogP contribution in [0.3, 0.4) is 0 Å². The Labute approximate surface area is 109 Å². The van der Waals surface area contributed by atoms with Crippen LogP contribution < -0.4 is 0 Å². The number of aromatic hydroxyl groups is 1. The fourth-order valence-electron chi connectivity index (χ4n) is 1.46. The van der Waals surface area contributed by atoms with Crippen LogP contribution in [0.25, 0.3) is 11.3 Å². The van der Waals surface area contributed by atoms with Crippen molar-refractivity contribution in [3.63, 3.8) is 0 Å². The number of esters is 1. The highest BCUT2D eigenvalue weighted by molar-refractivity contribution is 5.89. The second kappa shape index (κ2) is 5.74. The van der Waals surface area contributed by atoms with E-state index in [-0.39, 0.29) is 12.4 Å². The van der Waals surface area contributed by atoms with Crippen molar-refractivity contribution in [2.75, 3.05) is 6.61 Å². The van der Waals surface area contributed by atoms with Gasteiger partial charge in [0.15, 0.2) is 5.76 Å². The first kappa shape index (κ1) is 12.7. The third kappa shape index (κ3) is 3.13. The summed E-state index contributed by atoms with van der Waals surface area (Å²) in [4.78, 5) is 11.1. The molecule has 0 amide bonds. The van der Waals surface area contributed by atoms with Crippen LogP contribution in [-0.4, -0.2) is 22.8 Å². The molecule has 1 N–H and O–H groups in total. The first-order valence-corrected chi connectivity index (χ1v) is 5.63. The van der Waals surface area contributed by atoms with Gasteiger partial charge in [-0.05, 0) is 25.1 Å². The van der Waals surface area contributed by atoms with Crippen LogP contribution >= 0.6 is 0 Å². The SMILES string of the molecule is CCOC(=O)C#Cc1ccc(O)c(-c2ccno2)c1. The van der Waals surface area contributed by atoms with E-state index in [1.54, 1.807) is 25.1 Å². The molecule has 0 unspecified atom stereocenters. The van der Waals surface area contributed by atoms with Gasteiger partial charge in [0.25, 0.3) is 0 Å². The predicted octanol–water partition coefficient (Wildman–Crippen LogP) is 1.96. The number of aromatic nitrogens is 1. The second-order valence-corrected chi connectivity index (χ2v) is 3.58. The maximum absolute atomic E-state index is 11.1. The Balaban J connectivity index is 2.29. The Bertz CT molecular complexity index is 635. The topological polar surface area (TPSA) is 72.6 Å². The fourth-order valence-corrected chi connectivity index (χ4v) is 1.46. The molecule has 0 aliphatic carbocycles. The standard InChI is InChI=1S/C14H11NO4/c1-2-18-14(17)6-4-10-3-5-12(16)11(9-10)13-7-8-15-19-13/h3,5,7-9,16H,2H2,1H3. The lowest BCUT2D eigenvalue weighted by atomic mass is 10.1. The summed E-state index contributed by atoms with van der Waals surface area (Å²) in [6, 6.07) is 6.31. The number of phenols is 1. The molecule has 19 heavy (non-hydrogen) atoms. The lowest BCUT2D eigenvalue weighted by Crippen LogP contribution is -1.99. The van der Waals surface area contributed by atoms with Crippen molar-refractivity contribution in [2.24, 2.45) is 0 Å². The number of benzene rings is 1. The van der Waals surface area contributed by atoms with E-state index in [1.807, 2.05) is 0 Å². The van der Waals surface area contributed by atoms with Crippen molar-refractivity contribution >= 4 is 5.97 Å². The number of hydrogen-bond acceptors (Lipinski definition) is 5. The van der Waals surface area contributed by atoms with Crippen molar-refractivity contribution in [1.82, 2.24) is 5.16 Å². The van der Waals surface area contributed by atoms with Gasteiger partial charge in [0, 0.05) is 17.6 Å². The molecule has 96 valence electrons. The van der Waals surface area contributed by atoms with Gasteiger partial charge in [-0.1, -0.05) is 11.1 Å². The number of nitrogens with zero attached hydrogens (tertiary/aromatic N) is 1. The smallest absolute Gasteiger partial charge is 0.384 e. The third-order valence-electron chi connectivity index (χ3n) is 2.28. The molecule has 0 radical (unpaired) electrons. The molecule has 0 aliphatic heterocycles. The predicted molar refractivity (Wildman–Crippen MR) is 67.1 cm³/mol. The van der Waals surface area contributed by atoms with E-state index < -0.39 is 5.97 Å². The maximum Gasteiger partial charge on any atom is 0.384 e. The van der Waals surface area contributed by atoms with Crippen molar-refractivity contribution in [2.45, 2.75) is 6.92 Å². The van der Waals surface area contributed by atoms with E-state index in [1.165, 1.54) is 12.3 Å². The fraction of sp³-hybridized carbons (Fsp3) is 0.143. The Morgan fingerprint density at radius 2 is 2.32 bits per heavy atom. The van der Waals surface area contributed by atoms with Crippen molar-refractivity contribution in [1.29, 1.82) is 0 Å². The van der Waals surface area contributed by atoms with Crippen LogP contribution in [0.4, 0.5) is 0 Å². The van der Waals surface area contributed by atoms with Crippen LogP contribution in [0.1, 0.15) is 12.5 Å². The zero-order valence-electron chi connectivity index (χ0n) is 10.2. The average molecular weight is 257 g/mol. The molecule has 1 heterocycles. The second-order valence-electron chi connectivity index (χ2n) is 3.58. The van der Waals surface area contributed by atoms with Gasteiger partial charge < -0.3 is 14.4 Å². The van der Waals surface area contributed by atoms with Crippen LogP contribution in [0, 0.1) is 11.8 Å². The van der Waals surface area contributed by atoms with Crippen LogP contribution in [0.15, 0.2) is 35.0 Å². The number of ether oxygens (including phenoxy) is 1. The normalized spacial score (nSPS) is 9.53. The minimum absolute atomic E-state index is 0.0541. The monoisotopic (exact) mass is 257 g/mol. The summed E-state index contributed by atoms with van der Waals surface area (Å²) in [5.74, 6) is 4.91. The van der Waals surface area contributed by atoms with Gasteiger partial charge in [0.1, 0.15) is 5.75 Å². The van der Waals surface area contributed by atoms with Gasteiger partial charge in [-0.15, -0.1) is 0 Å². The molecule has 0 saturated heterocycles. The largest absolute Gasteiger partial charge is 0.507 e. The Hall–Kier alpha value is -2.74. The lowest BCUT2D eigenvalue weighted by Gasteiger charge is -2.00. The van der Waals surface area contributed by atoms with Gasteiger partial charge in [-0.3, -0.25) is 0 Å². The van der Waals surface area contributed by atoms with Gasteiger partial charge in [0.2, 0.25) is 0 Å². The molecule has 1 aromatic heterocycles. The summed E-state index contributed by atoms with van der Waals surface area (Å²) in [5, 5.41) is 13.3. The van der Waals surface area contributed by atoms with Crippen LogP contribution in [-0.2, 0) is 9.53 Å². The number of carbonyl (C=O) groups excluding carboxylic acids is 1. The average Bonchev–Trinajstić information content (AvgIpc) is 2.92. The summed E-state index contributed by atoms with van der Waals surface area (Å²) < 4.78 is 9.67. The first-order chi connectivity index (χ1) is 9.20. The van der Waals surface area contributed by atoms with E-state index >= 15 is 0 Å². The highest BCUT2D eigenvalue weighted by atomic mass is 16.5. The highest BCUT2D eigenvalue weighted by Gasteiger charge is 2.08. The summed E-state index contributed by atoms with van der Waals surface area (Å²) in [6.07, 6.45) is 1.48. The lowest BCUT2D eigenvalue weighted by molar-refractivity contribution is -0.136. The number of carbonyl (C=O) groups is 1. The molecule has 5 heteroatoms. The summed E-state index contributed by atoms with van der Waals surface area (Å²) in [6.45, 7) is 1.99. The van der Waals surface area contributed by atoms with Crippen LogP contribution in [0.2, 0.25) is 0 Å². The molecule has 0 saturated carbocycles. The molecule has 0 spiro atoms. The first-order valence-electron chi connectivity index (χ1n) is 5.63. The number of phenolic OH excluding ortho intramolecular Hbond substituents is 1. The minimum Gasteiger partial charge on any atom is -0.507 e. The molecule has 5 nitrogen and oxygen atoms in total. The van der Waals surface area contributed by atoms with Gasteiger partial charge >= 0.3 is 5.97 Å². The van der Waals surface area contributed by atoms with E-state index in [0.717, 1.165) is 0 Å². The highest BCUT2D eigenvalue weighted by Crippen LogP contribution is 2.29. The molecule has 2 aromatic rings. The molecule has 0 aliphatic rings. The van der Waals surface area contributed by atoms with Crippen molar-refractivity contribution in [3.8, 4) is 28.9 Å². The molecular weight excluding hydrogens is 246 g/mol.